The maximum Gasteiger partial charge on any atom is 0.316 e. The first-order valence-corrected chi connectivity index (χ1v) is 20.1. The van der Waals surface area contributed by atoms with Crippen LogP contribution in [0.25, 0.3) is 10.8 Å². The standard InChI is InChI=1S/C20H32O2.C16H18O3.C10H14O.3CH4/c1-5-19(3,4)18(21)22-20(6-2)11-14-10-15(20)17-13-8-7-12(9-13)16(14)17;1-4-16(2,3)15(18)19-14-10-6-7-11-12(14)8-5-9-13(11)17;1-3-8(2)9-4-6-10(11)7-5-9;;;/h12-17H,5-11H2,1-4H3;5-10,17H,4H2,1-3H3;4-8,11H,3H2,1-2H3;3*1H4. The van der Waals surface area contributed by atoms with Gasteiger partial charge in [0.25, 0.3) is 0 Å². The molecular weight excluding hydrogens is 685 g/mol. The van der Waals surface area contributed by atoms with Crippen molar-refractivity contribution in [3.05, 3.63) is 66.2 Å². The molecule has 8 atom stereocenters. The lowest BCUT2D eigenvalue weighted by atomic mass is 9.65. The summed E-state index contributed by atoms with van der Waals surface area (Å²) in [4.78, 5) is 24.8. The van der Waals surface area contributed by atoms with E-state index >= 15 is 0 Å². The normalized spacial score (nSPS) is 26.1. The topological polar surface area (TPSA) is 93.1 Å². The van der Waals surface area contributed by atoms with Crippen molar-refractivity contribution < 1.29 is 29.3 Å². The van der Waals surface area contributed by atoms with Crippen LogP contribution in [0.2, 0.25) is 0 Å². The summed E-state index contributed by atoms with van der Waals surface area (Å²) in [5.74, 6) is 6.75. The van der Waals surface area contributed by atoms with Gasteiger partial charge < -0.3 is 19.7 Å². The average molecular weight is 761 g/mol. The largest absolute Gasteiger partial charge is 0.508 e. The summed E-state index contributed by atoms with van der Waals surface area (Å²) in [6.45, 7) is 18.4. The van der Waals surface area contributed by atoms with Gasteiger partial charge in [-0.3, -0.25) is 9.59 Å². The van der Waals surface area contributed by atoms with E-state index in [0.717, 1.165) is 60.7 Å². The SMILES string of the molecule is C.C.C.CCC(C)(C)C(=O)OC1(CC)CC2CC1C1C3CCC(C3)C21.CCC(C)(C)C(=O)Oc1cccc2c(O)cccc12.CCC(C)c1ccc(O)cc1. The fraction of sp³-hybridized carbons (Fsp3) is 0.633. The third-order valence-corrected chi connectivity index (χ3v) is 13.8. The molecule has 6 heteroatoms. The Morgan fingerprint density at radius 1 is 0.745 bits per heavy atom. The quantitative estimate of drug-likeness (QED) is 0.128. The third kappa shape index (κ3) is 9.71. The molecule has 0 radical (unpaired) electrons. The summed E-state index contributed by atoms with van der Waals surface area (Å²) in [7, 11) is 0. The maximum atomic E-state index is 12.7. The lowest BCUT2D eigenvalue weighted by Crippen LogP contribution is -2.49. The van der Waals surface area contributed by atoms with Crippen LogP contribution in [0.15, 0.2) is 60.7 Å². The van der Waals surface area contributed by atoms with Crippen molar-refractivity contribution in [1.29, 1.82) is 0 Å². The summed E-state index contributed by atoms with van der Waals surface area (Å²) in [5.41, 5.74) is 0.321. The average Bonchev–Trinajstić information content (AvgIpc) is 3.94. The van der Waals surface area contributed by atoms with Crippen LogP contribution in [-0.2, 0) is 14.3 Å². The number of carbonyl (C=O) groups excluding carboxylic acids is 2. The van der Waals surface area contributed by atoms with Crippen molar-refractivity contribution in [2.75, 3.05) is 0 Å². The number of phenolic OH excluding ortho intramolecular Hbond substituents is 2. The molecule has 8 unspecified atom stereocenters. The Bertz CT molecular complexity index is 1690. The minimum Gasteiger partial charge on any atom is -0.508 e. The van der Waals surface area contributed by atoms with Gasteiger partial charge in [0.05, 0.1) is 10.8 Å². The Morgan fingerprint density at radius 2 is 1.31 bits per heavy atom. The minimum absolute atomic E-state index is 0. The van der Waals surface area contributed by atoms with Crippen LogP contribution in [0.3, 0.4) is 0 Å². The molecule has 0 spiro atoms. The molecule has 4 fully saturated rings. The summed E-state index contributed by atoms with van der Waals surface area (Å²) < 4.78 is 11.8. The summed E-state index contributed by atoms with van der Waals surface area (Å²) in [6.07, 6.45) is 10.6. The van der Waals surface area contributed by atoms with E-state index in [1.165, 1.54) is 31.2 Å². The number of carbonyl (C=O) groups is 2. The number of phenols is 2. The molecule has 4 saturated carbocycles. The molecule has 55 heavy (non-hydrogen) atoms. The van der Waals surface area contributed by atoms with Crippen molar-refractivity contribution >= 4 is 22.7 Å². The van der Waals surface area contributed by atoms with Gasteiger partial charge in [-0.1, -0.05) is 93.3 Å². The van der Waals surface area contributed by atoms with E-state index < -0.39 is 5.41 Å². The number of fused-ring (bicyclic) bond motifs is 10. The Balaban J connectivity index is 0.000000292. The Labute approximate surface area is 334 Å². The maximum absolute atomic E-state index is 12.7. The van der Waals surface area contributed by atoms with Gasteiger partial charge in [-0.05, 0) is 151 Å². The number of hydrogen-bond donors (Lipinski definition) is 2. The van der Waals surface area contributed by atoms with Gasteiger partial charge in [0.15, 0.2) is 0 Å². The van der Waals surface area contributed by atoms with Crippen LogP contribution in [0.4, 0.5) is 0 Å². The highest BCUT2D eigenvalue weighted by Gasteiger charge is 2.68. The number of aromatic hydroxyl groups is 2. The van der Waals surface area contributed by atoms with Gasteiger partial charge in [0.2, 0.25) is 0 Å². The van der Waals surface area contributed by atoms with Crippen molar-refractivity contribution in [3.63, 3.8) is 0 Å². The molecule has 2 N–H and O–H groups in total. The van der Waals surface area contributed by atoms with Crippen LogP contribution in [0.1, 0.15) is 154 Å². The lowest BCUT2D eigenvalue weighted by molar-refractivity contribution is -0.183. The second-order valence-electron chi connectivity index (χ2n) is 17.5. The number of esters is 2. The van der Waals surface area contributed by atoms with E-state index in [1.807, 2.05) is 52.8 Å². The fourth-order valence-electron chi connectivity index (χ4n) is 9.53. The molecule has 6 nitrogen and oxygen atoms in total. The third-order valence-electron chi connectivity index (χ3n) is 13.8. The second kappa shape index (κ2) is 19.1. The summed E-state index contributed by atoms with van der Waals surface area (Å²) in [6, 6.07) is 17.9. The zero-order chi connectivity index (χ0) is 38.0. The molecule has 3 aromatic rings. The smallest absolute Gasteiger partial charge is 0.316 e. The molecule has 4 aliphatic rings. The first-order chi connectivity index (χ1) is 24.6. The Kier molecular flexibility index (Phi) is 16.5. The number of ether oxygens (including phenoxy) is 2. The highest BCUT2D eigenvalue weighted by Crippen LogP contribution is 2.71. The predicted octanol–water partition coefficient (Wildman–Crippen LogP) is 13.5. The molecule has 7 rings (SSSR count). The lowest BCUT2D eigenvalue weighted by Gasteiger charge is -2.46. The van der Waals surface area contributed by atoms with E-state index in [0.29, 0.717) is 35.1 Å². The van der Waals surface area contributed by atoms with Crippen molar-refractivity contribution in [2.24, 2.45) is 46.3 Å². The van der Waals surface area contributed by atoms with Gasteiger partial charge in [-0.2, -0.15) is 0 Å². The minimum atomic E-state index is -0.515. The Morgan fingerprint density at radius 3 is 1.89 bits per heavy atom. The Hall–Kier alpha value is -3.54. The summed E-state index contributed by atoms with van der Waals surface area (Å²) in [5, 5.41) is 20.2. The molecule has 0 saturated heterocycles. The van der Waals surface area contributed by atoms with Crippen LogP contribution < -0.4 is 4.74 Å². The van der Waals surface area contributed by atoms with Crippen LogP contribution in [0.5, 0.6) is 17.2 Å². The monoisotopic (exact) mass is 761 g/mol. The molecule has 0 heterocycles. The number of benzene rings is 3. The van der Waals surface area contributed by atoms with Crippen molar-refractivity contribution in [1.82, 2.24) is 0 Å². The van der Waals surface area contributed by atoms with E-state index in [4.69, 9.17) is 14.6 Å². The molecule has 0 aromatic heterocycles. The van der Waals surface area contributed by atoms with E-state index in [9.17, 15) is 14.7 Å². The van der Waals surface area contributed by atoms with E-state index in [2.05, 4.69) is 27.7 Å². The first kappa shape index (κ1) is 47.6. The molecule has 308 valence electrons. The first-order valence-electron chi connectivity index (χ1n) is 20.1. The molecule has 3 aromatic carbocycles. The predicted molar refractivity (Wildman–Crippen MR) is 230 cm³/mol. The van der Waals surface area contributed by atoms with Gasteiger partial charge in [0.1, 0.15) is 22.8 Å². The van der Waals surface area contributed by atoms with Gasteiger partial charge in [0, 0.05) is 16.7 Å². The van der Waals surface area contributed by atoms with Gasteiger partial charge in [-0.25, -0.2) is 0 Å². The van der Waals surface area contributed by atoms with Crippen molar-refractivity contribution in [3.8, 4) is 17.2 Å². The number of hydrogen-bond acceptors (Lipinski definition) is 6. The van der Waals surface area contributed by atoms with Crippen LogP contribution >= 0.6 is 0 Å². The van der Waals surface area contributed by atoms with Crippen molar-refractivity contribution in [2.45, 2.75) is 154 Å². The molecule has 0 aliphatic heterocycles. The fourth-order valence-corrected chi connectivity index (χ4v) is 9.53. The highest BCUT2D eigenvalue weighted by atomic mass is 16.6. The van der Waals surface area contributed by atoms with Crippen LogP contribution in [-0.4, -0.2) is 27.8 Å². The highest BCUT2D eigenvalue weighted by molar-refractivity contribution is 5.94. The molecule has 4 aliphatic carbocycles. The number of rotatable bonds is 9. The molecular formula is C49H76O6. The molecule has 4 bridgehead atoms. The zero-order valence-electron chi connectivity index (χ0n) is 33.2. The second-order valence-corrected chi connectivity index (χ2v) is 17.5. The van der Waals surface area contributed by atoms with Crippen LogP contribution in [0, 0.1) is 46.3 Å². The van der Waals surface area contributed by atoms with Gasteiger partial charge in [-0.15, -0.1) is 0 Å². The summed E-state index contributed by atoms with van der Waals surface area (Å²) >= 11 is 0. The van der Waals surface area contributed by atoms with E-state index in [1.54, 1.807) is 42.5 Å². The molecule has 0 amide bonds. The van der Waals surface area contributed by atoms with Gasteiger partial charge >= 0.3 is 11.9 Å². The van der Waals surface area contributed by atoms with E-state index in [-0.39, 0.29) is 51.0 Å². The zero-order valence-corrected chi connectivity index (χ0v) is 33.2.